The van der Waals surface area contributed by atoms with Gasteiger partial charge in [-0.1, -0.05) is 18.2 Å². The first-order chi connectivity index (χ1) is 12.0. The maximum atomic E-state index is 12.3. The first-order valence-electron chi connectivity index (χ1n) is 7.68. The minimum Gasteiger partial charge on any atom is -0.497 e. The Balaban J connectivity index is 1.96. The third kappa shape index (κ3) is 4.97. The summed E-state index contributed by atoms with van der Waals surface area (Å²) in [5.41, 5.74) is 0.284. The van der Waals surface area contributed by atoms with Gasteiger partial charge in [-0.2, -0.15) is 0 Å². The van der Waals surface area contributed by atoms with Crippen molar-refractivity contribution in [3.8, 4) is 17.2 Å². The van der Waals surface area contributed by atoms with E-state index in [1.54, 1.807) is 49.4 Å². The van der Waals surface area contributed by atoms with Gasteiger partial charge in [-0.05, 0) is 37.3 Å². The largest absolute Gasteiger partial charge is 0.497 e. The number of Topliss-reactive ketones (excluding diaryl/α,β-unsaturated/α-hetero) is 1. The number of esters is 1. The molecule has 6 nitrogen and oxygen atoms in total. The minimum absolute atomic E-state index is 0.284. The molecule has 1 atom stereocenters. The van der Waals surface area contributed by atoms with Crippen LogP contribution in [0.1, 0.15) is 17.3 Å². The molecule has 25 heavy (non-hydrogen) atoms. The summed E-state index contributed by atoms with van der Waals surface area (Å²) in [6.45, 7) is 1.15. The molecule has 6 heteroatoms. The van der Waals surface area contributed by atoms with Gasteiger partial charge >= 0.3 is 5.97 Å². The van der Waals surface area contributed by atoms with Gasteiger partial charge in [-0.25, -0.2) is 4.79 Å². The second-order valence-corrected chi connectivity index (χ2v) is 5.17. The molecule has 2 aromatic carbocycles. The van der Waals surface area contributed by atoms with Gasteiger partial charge < -0.3 is 18.9 Å². The van der Waals surface area contributed by atoms with E-state index in [0.717, 1.165) is 0 Å². The lowest BCUT2D eigenvalue weighted by Gasteiger charge is -2.14. The topological polar surface area (TPSA) is 71.1 Å². The maximum Gasteiger partial charge on any atom is 0.347 e. The Morgan fingerprint density at radius 2 is 1.68 bits per heavy atom. The monoisotopic (exact) mass is 344 g/mol. The number of benzene rings is 2. The van der Waals surface area contributed by atoms with Crippen LogP contribution in [0.15, 0.2) is 48.5 Å². The Morgan fingerprint density at radius 1 is 0.960 bits per heavy atom. The Morgan fingerprint density at radius 3 is 2.32 bits per heavy atom. The zero-order valence-corrected chi connectivity index (χ0v) is 14.4. The highest BCUT2D eigenvalue weighted by Gasteiger charge is 2.20. The van der Waals surface area contributed by atoms with Crippen molar-refractivity contribution in [1.82, 2.24) is 0 Å². The molecular formula is C19H20O6. The molecule has 0 aliphatic carbocycles. The third-order valence-corrected chi connectivity index (χ3v) is 3.44. The van der Waals surface area contributed by atoms with E-state index in [1.807, 2.05) is 6.07 Å². The van der Waals surface area contributed by atoms with Crippen LogP contribution in [0.3, 0.4) is 0 Å². The Bertz CT molecular complexity index is 726. The van der Waals surface area contributed by atoms with E-state index in [2.05, 4.69) is 0 Å². The number of rotatable bonds is 8. The lowest BCUT2D eigenvalue weighted by molar-refractivity contribution is -0.149. The molecule has 0 fully saturated rings. The van der Waals surface area contributed by atoms with Gasteiger partial charge in [0.2, 0.25) is 5.78 Å². The van der Waals surface area contributed by atoms with Gasteiger partial charge in [0.15, 0.2) is 12.7 Å². The molecule has 0 heterocycles. The van der Waals surface area contributed by atoms with E-state index in [9.17, 15) is 9.59 Å². The van der Waals surface area contributed by atoms with Crippen LogP contribution in [0.25, 0.3) is 0 Å². The molecular weight excluding hydrogens is 324 g/mol. The van der Waals surface area contributed by atoms with Crippen LogP contribution < -0.4 is 14.2 Å². The Hall–Kier alpha value is -3.02. The van der Waals surface area contributed by atoms with Crippen molar-refractivity contribution >= 4 is 11.8 Å². The fourth-order valence-electron chi connectivity index (χ4n) is 2.12. The van der Waals surface area contributed by atoms with E-state index in [1.165, 1.54) is 14.2 Å². The summed E-state index contributed by atoms with van der Waals surface area (Å²) in [6.07, 6.45) is -0.831. The zero-order chi connectivity index (χ0) is 18.2. The molecule has 0 amide bonds. The normalized spacial score (nSPS) is 11.3. The second kappa shape index (κ2) is 8.73. The molecule has 0 saturated heterocycles. The van der Waals surface area contributed by atoms with Gasteiger partial charge in [-0.3, -0.25) is 4.79 Å². The Labute approximate surface area is 146 Å². The standard InChI is InChI=1S/C19H20O6/c1-13(25-14-7-5-4-6-8-14)19(21)24-12-17(20)16-11-15(22-2)9-10-18(16)23-3/h4-11,13H,12H2,1-3H3/t13-/m1/s1. The van der Waals surface area contributed by atoms with Gasteiger partial charge in [0, 0.05) is 0 Å². The lowest BCUT2D eigenvalue weighted by Crippen LogP contribution is -2.28. The predicted molar refractivity (Wildman–Crippen MR) is 91.4 cm³/mol. The number of carbonyl (C=O) groups excluding carboxylic acids is 2. The van der Waals surface area contributed by atoms with Crippen molar-refractivity contribution in [2.75, 3.05) is 20.8 Å². The fourth-order valence-corrected chi connectivity index (χ4v) is 2.12. The van der Waals surface area contributed by atoms with Gasteiger partial charge in [-0.15, -0.1) is 0 Å². The molecule has 0 bridgehead atoms. The highest BCUT2D eigenvalue weighted by molar-refractivity contribution is 6.00. The molecule has 2 aromatic rings. The van der Waals surface area contributed by atoms with E-state index >= 15 is 0 Å². The molecule has 0 spiro atoms. The second-order valence-electron chi connectivity index (χ2n) is 5.17. The predicted octanol–water partition coefficient (Wildman–Crippen LogP) is 2.90. The number of para-hydroxylation sites is 1. The lowest BCUT2D eigenvalue weighted by atomic mass is 10.1. The number of ether oxygens (including phenoxy) is 4. The van der Waals surface area contributed by atoms with Gasteiger partial charge in [0.05, 0.1) is 19.8 Å². The first kappa shape index (κ1) is 18.3. The molecule has 2 rings (SSSR count). The van der Waals surface area contributed by atoms with E-state index < -0.39 is 24.5 Å². The van der Waals surface area contributed by atoms with Crippen molar-refractivity contribution in [3.63, 3.8) is 0 Å². The van der Waals surface area contributed by atoms with Crippen LogP contribution in [-0.2, 0) is 9.53 Å². The summed E-state index contributed by atoms with van der Waals surface area (Å²) in [6, 6.07) is 13.7. The summed E-state index contributed by atoms with van der Waals surface area (Å²) < 4.78 is 20.8. The molecule has 0 unspecified atom stereocenters. The number of hydrogen-bond donors (Lipinski definition) is 0. The highest BCUT2D eigenvalue weighted by Crippen LogP contribution is 2.24. The molecule has 0 aliphatic rings. The van der Waals surface area contributed by atoms with Crippen molar-refractivity contribution in [1.29, 1.82) is 0 Å². The van der Waals surface area contributed by atoms with Crippen LogP contribution in [0.2, 0.25) is 0 Å². The number of carbonyl (C=O) groups is 2. The number of hydrogen-bond acceptors (Lipinski definition) is 6. The van der Waals surface area contributed by atoms with Crippen molar-refractivity contribution in [2.45, 2.75) is 13.0 Å². The molecule has 0 saturated carbocycles. The fraction of sp³-hybridized carbons (Fsp3) is 0.263. The van der Waals surface area contributed by atoms with Crippen molar-refractivity contribution in [2.24, 2.45) is 0 Å². The van der Waals surface area contributed by atoms with Gasteiger partial charge in [0.1, 0.15) is 17.2 Å². The summed E-state index contributed by atoms with van der Waals surface area (Å²) in [7, 11) is 2.96. The van der Waals surface area contributed by atoms with Crippen LogP contribution in [0, 0.1) is 0 Å². The molecule has 132 valence electrons. The average molecular weight is 344 g/mol. The van der Waals surface area contributed by atoms with Crippen LogP contribution in [-0.4, -0.2) is 38.7 Å². The van der Waals surface area contributed by atoms with Crippen molar-refractivity contribution in [3.05, 3.63) is 54.1 Å². The molecule has 0 aromatic heterocycles. The quantitative estimate of drug-likeness (QED) is 0.542. The SMILES string of the molecule is COc1ccc(OC)c(C(=O)COC(=O)[C@@H](C)Oc2ccccc2)c1. The highest BCUT2D eigenvalue weighted by atomic mass is 16.6. The number of methoxy groups -OCH3 is 2. The first-order valence-corrected chi connectivity index (χ1v) is 7.68. The smallest absolute Gasteiger partial charge is 0.347 e. The van der Waals surface area contributed by atoms with Crippen molar-refractivity contribution < 1.29 is 28.5 Å². The Kier molecular flexibility index (Phi) is 6.39. The summed E-state index contributed by atoms with van der Waals surface area (Å²) in [4.78, 5) is 24.3. The van der Waals surface area contributed by atoms with E-state index in [4.69, 9.17) is 18.9 Å². The molecule has 0 N–H and O–H groups in total. The van der Waals surface area contributed by atoms with Gasteiger partial charge in [0.25, 0.3) is 0 Å². The number of ketones is 1. The molecule has 0 radical (unpaired) electrons. The van der Waals surface area contributed by atoms with E-state index in [-0.39, 0.29) is 5.56 Å². The third-order valence-electron chi connectivity index (χ3n) is 3.44. The minimum atomic E-state index is -0.831. The van der Waals surface area contributed by atoms with Crippen LogP contribution >= 0.6 is 0 Å². The average Bonchev–Trinajstić information content (AvgIpc) is 2.65. The van der Waals surface area contributed by atoms with E-state index in [0.29, 0.717) is 17.2 Å². The summed E-state index contributed by atoms with van der Waals surface area (Å²) in [5.74, 6) is 0.425. The maximum absolute atomic E-state index is 12.3. The molecule has 0 aliphatic heterocycles. The van der Waals surface area contributed by atoms with Crippen LogP contribution in [0.5, 0.6) is 17.2 Å². The zero-order valence-electron chi connectivity index (χ0n) is 14.4. The summed E-state index contributed by atoms with van der Waals surface area (Å²) in [5, 5.41) is 0. The van der Waals surface area contributed by atoms with Crippen LogP contribution in [0.4, 0.5) is 0 Å². The summed E-state index contributed by atoms with van der Waals surface area (Å²) >= 11 is 0.